The topological polar surface area (TPSA) is 0 Å². The third kappa shape index (κ3) is 2.45. The molecule has 0 N–H and O–H groups in total. The van der Waals surface area contributed by atoms with Crippen LogP contribution in [0, 0.1) is 6.92 Å². The van der Waals surface area contributed by atoms with Crippen LogP contribution in [-0.2, 0) is 6.42 Å². The Bertz CT molecular complexity index is 295. The first-order valence-corrected chi connectivity index (χ1v) is 4.85. The van der Waals surface area contributed by atoms with Crippen LogP contribution in [0.25, 0.3) is 0 Å². The van der Waals surface area contributed by atoms with Gasteiger partial charge in [0.15, 0.2) is 0 Å². The smallest absolute Gasteiger partial charge is 0.00972 e. The van der Waals surface area contributed by atoms with Gasteiger partial charge in [-0.05, 0) is 30.4 Å². The summed E-state index contributed by atoms with van der Waals surface area (Å²) in [6.45, 7) is 10.4. The average molecular weight is 174 g/mol. The van der Waals surface area contributed by atoms with Crippen LogP contribution in [0.4, 0.5) is 0 Å². The summed E-state index contributed by atoms with van der Waals surface area (Å²) in [5.74, 6) is 0.607. The monoisotopic (exact) mass is 174 g/mol. The molecule has 1 aromatic rings. The Morgan fingerprint density at radius 1 is 1.38 bits per heavy atom. The molecule has 0 heteroatoms. The molecule has 0 amide bonds. The number of hydrogen-bond donors (Lipinski definition) is 0. The van der Waals surface area contributed by atoms with Crippen molar-refractivity contribution in [3.63, 3.8) is 0 Å². The van der Waals surface area contributed by atoms with Crippen molar-refractivity contribution in [2.45, 2.75) is 33.1 Å². The summed E-state index contributed by atoms with van der Waals surface area (Å²) < 4.78 is 0. The molecule has 13 heavy (non-hydrogen) atoms. The van der Waals surface area contributed by atoms with Crippen molar-refractivity contribution in [3.05, 3.63) is 47.5 Å². The van der Waals surface area contributed by atoms with Gasteiger partial charge in [0.25, 0.3) is 0 Å². The lowest BCUT2D eigenvalue weighted by Crippen LogP contribution is -1.95. The summed E-state index contributed by atoms with van der Waals surface area (Å²) >= 11 is 0. The molecule has 0 aromatic heterocycles. The van der Waals surface area contributed by atoms with E-state index >= 15 is 0 Å². The molecule has 0 saturated heterocycles. The van der Waals surface area contributed by atoms with E-state index in [2.05, 4.69) is 45.5 Å². The molecular weight excluding hydrogens is 156 g/mol. The first kappa shape index (κ1) is 10.0. The van der Waals surface area contributed by atoms with Gasteiger partial charge < -0.3 is 0 Å². The molecule has 0 heterocycles. The first-order chi connectivity index (χ1) is 6.15. The second-order valence-electron chi connectivity index (χ2n) is 3.85. The number of allylic oxidation sites excluding steroid dienone is 1. The molecule has 0 aliphatic heterocycles. The van der Waals surface area contributed by atoms with E-state index in [4.69, 9.17) is 0 Å². The van der Waals surface area contributed by atoms with Crippen LogP contribution in [0.2, 0.25) is 0 Å². The second-order valence-corrected chi connectivity index (χ2v) is 3.85. The zero-order valence-electron chi connectivity index (χ0n) is 8.80. The Hall–Kier alpha value is -1.04. The van der Waals surface area contributed by atoms with Gasteiger partial charge in [-0.1, -0.05) is 43.7 Å². The quantitative estimate of drug-likeness (QED) is 0.611. The molecular formula is C13H18. The van der Waals surface area contributed by atoms with Gasteiger partial charge in [0.1, 0.15) is 0 Å². The maximum absolute atomic E-state index is 3.79. The first-order valence-electron chi connectivity index (χ1n) is 4.85. The molecule has 1 rings (SSSR count). The molecule has 0 spiro atoms. The van der Waals surface area contributed by atoms with Crippen molar-refractivity contribution < 1.29 is 0 Å². The maximum atomic E-state index is 3.79. The van der Waals surface area contributed by atoms with E-state index in [1.807, 2.05) is 6.08 Å². The zero-order chi connectivity index (χ0) is 9.84. The van der Waals surface area contributed by atoms with Crippen LogP contribution in [0.3, 0.4) is 0 Å². The number of aryl methyl sites for hydroxylation is 1. The fourth-order valence-electron chi connectivity index (χ4n) is 1.63. The van der Waals surface area contributed by atoms with Gasteiger partial charge in [0.2, 0.25) is 0 Å². The van der Waals surface area contributed by atoms with Gasteiger partial charge in [-0.3, -0.25) is 0 Å². The molecule has 0 fully saturated rings. The fourth-order valence-corrected chi connectivity index (χ4v) is 1.63. The van der Waals surface area contributed by atoms with Crippen molar-refractivity contribution in [2.24, 2.45) is 0 Å². The lowest BCUT2D eigenvalue weighted by molar-refractivity contribution is 0.849. The van der Waals surface area contributed by atoms with Crippen molar-refractivity contribution in [1.29, 1.82) is 0 Å². The van der Waals surface area contributed by atoms with Crippen LogP contribution in [0.15, 0.2) is 30.9 Å². The summed E-state index contributed by atoms with van der Waals surface area (Å²) in [5.41, 5.74) is 4.21. The predicted octanol–water partition coefficient (Wildman–Crippen LogP) is 3.85. The molecule has 0 unspecified atom stereocenters. The lowest BCUT2D eigenvalue weighted by Gasteiger charge is -2.12. The molecule has 0 saturated carbocycles. The van der Waals surface area contributed by atoms with E-state index in [1.54, 1.807) is 0 Å². The summed E-state index contributed by atoms with van der Waals surface area (Å²) in [6.07, 6.45) is 2.95. The van der Waals surface area contributed by atoms with Gasteiger partial charge in [0, 0.05) is 0 Å². The van der Waals surface area contributed by atoms with E-state index in [0.717, 1.165) is 6.42 Å². The van der Waals surface area contributed by atoms with Crippen molar-refractivity contribution in [2.75, 3.05) is 0 Å². The highest BCUT2D eigenvalue weighted by Gasteiger charge is 2.04. The van der Waals surface area contributed by atoms with Gasteiger partial charge >= 0.3 is 0 Å². The Balaban J connectivity index is 3.10. The standard InChI is InChI=1S/C13H18/c1-5-6-12-9-11(4)7-8-13(12)10(2)3/h5,7-10H,1,6H2,2-4H3. The van der Waals surface area contributed by atoms with Gasteiger partial charge in [-0.15, -0.1) is 6.58 Å². The Labute approximate surface area is 81.3 Å². The van der Waals surface area contributed by atoms with Gasteiger partial charge in [-0.25, -0.2) is 0 Å². The van der Waals surface area contributed by atoms with E-state index in [0.29, 0.717) is 5.92 Å². The lowest BCUT2D eigenvalue weighted by atomic mass is 9.94. The Morgan fingerprint density at radius 2 is 2.08 bits per heavy atom. The minimum Gasteiger partial charge on any atom is -0.103 e. The van der Waals surface area contributed by atoms with Crippen LogP contribution in [0.1, 0.15) is 36.5 Å². The highest BCUT2D eigenvalue weighted by atomic mass is 14.1. The van der Waals surface area contributed by atoms with E-state index in [-0.39, 0.29) is 0 Å². The fraction of sp³-hybridized carbons (Fsp3) is 0.385. The Morgan fingerprint density at radius 3 is 2.62 bits per heavy atom. The van der Waals surface area contributed by atoms with Crippen molar-refractivity contribution in [1.82, 2.24) is 0 Å². The number of benzene rings is 1. The van der Waals surface area contributed by atoms with Crippen LogP contribution >= 0.6 is 0 Å². The zero-order valence-corrected chi connectivity index (χ0v) is 8.80. The normalized spacial score (nSPS) is 10.5. The summed E-state index contributed by atoms with van der Waals surface area (Å²) in [5, 5.41) is 0. The predicted molar refractivity (Wildman–Crippen MR) is 59.2 cm³/mol. The van der Waals surface area contributed by atoms with Crippen molar-refractivity contribution in [3.8, 4) is 0 Å². The Kier molecular flexibility index (Phi) is 3.30. The number of hydrogen-bond acceptors (Lipinski definition) is 0. The van der Waals surface area contributed by atoms with E-state index in [9.17, 15) is 0 Å². The molecule has 0 aliphatic carbocycles. The minimum atomic E-state index is 0.607. The van der Waals surface area contributed by atoms with E-state index in [1.165, 1.54) is 16.7 Å². The molecule has 0 atom stereocenters. The van der Waals surface area contributed by atoms with E-state index < -0.39 is 0 Å². The molecule has 0 bridgehead atoms. The molecule has 0 radical (unpaired) electrons. The third-order valence-electron chi connectivity index (χ3n) is 2.28. The van der Waals surface area contributed by atoms with Gasteiger partial charge in [0.05, 0.1) is 0 Å². The van der Waals surface area contributed by atoms with Crippen LogP contribution in [-0.4, -0.2) is 0 Å². The largest absolute Gasteiger partial charge is 0.103 e. The summed E-state index contributed by atoms with van der Waals surface area (Å²) in [4.78, 5) is 0. The maximum Gasteiger partial charge on any atom is -0.00972 e. The SMILES string of the molecule is C=CCc1cc(C)ccc1C(C)C. The molecule has 0 nitrogen and oxygen atoms in total. The number of rotatable bonds is 3. The third-order valence-corrected chi connectivity index (χ3v) is 2.28. The minimum absolute atomic E-state index is 0.607. The average Bonchev–Trinajstić information content (AvgIpc) is 2.04. The second kappa shape index (κ2) is 4.27. The summed E-state index contributed by atoms with van der Waals surface area (Å²) in [6, 6.07) is 6.68. The highest BCUT2D eigenvalue weighted by Crippen LogP contribution is 2.21. The van der Waals surface area contributed by atoms with Crippen LogP contribution < -0.4 is 0 Å². The molecule has 0 aliphatic rings. The van der Waals surface area contributed by atoms with Gasteiger partial charge in [-0.2, -0.15) is 0 Å². The molecule has 1 aromatic carbocycles. The van der Waals surface area contributed by atoms with Crippen molar-refractivity contribution >= 4 is 0 Å². The van der Waals surface area contributed by atoms with Crippen LogP contribution in [0.5, 0.6) is 0 Å². The highest BCUT2D eigenvalue weighted by molar-refractivity contribution is 5.34. The summed E-state index contributed by atoms with van der Waals surface area (Å²) in [7, 11) is 0. The molecule has 70 valence electrons.